The summed E-state index contributed by atoms with van der Waals surface area (Å²) in [6.45, 7) is 6.80. The Hall–Kier alpha value is -3.74. The van der Waals surface area contributed by atoms with Crippen LogP contribution in [0.5, 0.6) is 5.75 Å². The Morgan fingerprint density at radius 2 is 1.62 bits per heavy atom. The summed E-state index contributed by atoms with van der Waals surface area (Å²) in [7, 11) is 0. The quantitative estimate of drug-likeness (QED) is 0.153. The molecule has 244 valence electrons. The van der Waals surface area contributed by atoms with Gasteiger partial charge in [0, 0.05) is 60.5 Å². The van der Waals surface area contributed by atoms with Gasteiger partial charge in [0.05, 0.1) is 30.2 Å². The topological polar surface area (TPSA) is 82.7 Å². The van der Waals surface area contributed by atoms with Crippen molar-refractivity contribution in [1.29, 1.82) is 0 Å². The van der Waals surface area contributed by atoms with Crippen molar-refractivity contribution in [3.8, 4) is 11.4 Å². The van der Waals surface area contributed by atoms with Gasteiger partial charge in [-0.05, 0) is 73.8 Å². The Labute approximate surface area is 288 Å². The summed E-state index contributed by atoms with van der Waals surface area (Å²) < 4.78 is 22.8. The summed E-state index contributed by atoms with van der Waals surface area (Å²) in [5.41, 5.74) is 4.13. The van der Waals surface area contributed by atoms with Crippen molar-refractivity contribution in [1.82, 2.24) is 24.3 Å². The lowest BCUT2D eigenvalue weighted by molar-refractivity contribution is -0.189. The number of rotatable bonds is 10. The van der Waals surface area contributed by atoms with E-state index in [0.29, 0.717) is 35.4 Å². The minimum atomic E-state index is -1.08. The van der Waals surface area contributed by atoms with Crippen molar-refractivity contribution in [2.45, 2.75) is 30.5 Å². The molecule has 0 bridgehead atoms. The monoisotopic (exact) mass is 691 g/mol. The summed E-state index contributed by atoms with van der Waals surface area (Å²) in [4.78, 5) is 13.5. The number of nitrogens with zero attached hydrogens (tertiary/aromatic N) is 7. The molecule has 0 saturated carbocycles. The SMILES string of the molecule is CSc1nc(C)n(-c2ccc(N3CCN(c4ccc(OC[C@@H]5CO[C@@](Cn6ccnc6)(c6ccc(Cl)cc6Cl)O5)cc4)CC3)cc2)n1. The standard InChI is InChI=1S/C34H35Cl2N7O3S/c1-24-38-33(47-2)39-43(24)28-6-4-26(5-7-28)41-15-17-42(18-16-41)27-8-10-29(11-9-27)44-20-30-21-45-34(46-30,22-40-14-13-37-23-40)31-12-3-25(35)19-32(31)36/h3-14,19,23,30H,15-18,20-22H2,1-2H3/t30-,34-/m1/s1. The lowest BCUT2D eigenvalue weighted by atomic mass is 10.1. The Morgan fingerprint density at radius 3 is 2.23 bits per heavy atom. The molecule has 2 atom stereocenters. The number of ether oxygens (including phenoxy) is 3. The zero-order chi connectivity index (χ0) is 32.4. The molecule has 0 unspecified atom stereocenters. The summed E-state index contributed by atoms with van der Waals surface area (Å²) in [6.07, 6.45) is 7.01. The van der Waals surface area contributed by atoms with E-state index in [9.17, 15) is 0 Å². The van der Waals surface area contributed by atoms with Crippen molar-refractivity contribution in [3.05, 3.63) is 107 Å². The minimum absolute atomic E-state index is 0.292. The van der Waals surface area contributed by atoms with Gasteiger partial charge >= 0.3 is 0 Å². The summed E-state index contributed by atoms with van der Waals surface area (Å²) >= 11 is 14.3. The first-order valence-corrected chi connectivity index (χ1v) is 17.4. The van der Waals surface area contributed by atoms with Gasteiger partial charge < -0.3 is 28.6 Å². The first-order chi connectivity index (χ1) is 22.9. The fourth-order valence-corrected chi connectivity index (χ4v) is 6.98. The van der Waals surface area contributed by atoms with Crippen LogP contribution in [0.15, 0.2) is 90.6 Å². The number of hydrogen-bond acceptors (Lipinski definition) is 9. The predicted octanol–water partition coefficient (Wildman–Crippen LogP) is 6.47. The van der Waals surface area contributed by atoms with Crippen molar-refractivity contribution in [2.75, 3.05) is 55.4 Å². The van der Waals surface area contributed by atoms with E-state index >= 15 is 0 Å². The fourth-order valence-electron chi connectivity index (χ4n) is 6.04. The average Bonchev–Trinajstić information content (AvgIpc) is 3.85. The molecule has 7 rings (SSSR count). The Kier molecular flexibility index (Phi) is 9.33. The summed E-state index contributed by atoms with van der Waals surface area (Å²) in [5.74, 6) is 0.578. The molecule has 2 aliphatic rings. The molecule has 2 aromatic heterocycles. The molecule has 10 nitrogen and oxygen atoms in total. The van der Waals surface area contributed by atoms with Crippen LogP contribution in [0.1, 0.15) is 11.4 Å². The number of anilines is 2. The van der Waals surface area contributed by atoms with E-state index in [1.165, 1.54) is 11.4 Å². The number of imidazole rings is 1. The molecule has 13 heteroatoms. The third-order valence-electron chi connectivity index (χ3n) is 8.46. The highest BCUT2D eigenvalue weighted by molar-refractivity contribution is 7.98. The maximum absolute atomic E-state index is 6.60. The highest BCUT2D eigenvalue weighted by atomic mass is 35.5. The van der Waals surface area contributed by atoms with Gasteiger partial charge in [-0.25, -0.2) is 14.6 Å². The van der Waals surface area contributed by atoms with E-state index in [2.05, 4.69) is 61.3 Å². The van der Waals surface area contributed by atoms with Crippen LogP contribution >= 0.6 is 35.0 Å². The molecule has 2 fully saturated rings. The van der Waals surface area contributed by atoms with E-state index in [1.54, 1.807) is 36.4 Å². The number of benzene rings is 3. The fraction of sp³-hybridized carbons (Fsp3) is 0.324. The van der Waals surface area contributed by atoms with E-state index in [1.807, 2.05) is 46.8 Å². The zero-order valence-electron chi connectivity index (χ0n) is 26.1. The minimum Gasteiger partial charge on any atom is -0.491 e. The van der Waals surface area contributed by atoms with E-state index in [0.717, 1.165) is 48.6 Å². The number of halogens is 2. The predicted molar refractivity (Wildman–Crippen MR) is 185 cm³/mol. The molecule has 4 heterocycles. The molecule has 3 aromatic carbocycles. The molecule has 0 N–H and O–H groups in total. The molecule has 2 saturated heterocycles. The lowest BCUT2D eigenvalue weighted by Gasteiger charge is -2.37. The number of hydrogen-bond donors (Lipinski definition) is 0. The van der Waals surface area contributed by atoms with Gasteiger partial charge in [-0.1, -0.05) is 41.0 Å². The lowest BCUT2D eigenvalue weighted by Crippen LogP contribution is -2.46. The largest absolute Gasteiger partial charge is 0.491 e. The van der Waals surface area contributed by atoms with Crippen LogP contribution in [-0.4, -0.2) is 76.1 Å². The van der Waals surface area contributed by atoms with Gasteiger partial charge in [-0.2, -0.15) is 0 Å². The Balaban J connectivity index is 0.929. The van der Waals surface area contributed by atoms with Crippen molar-refractivity contribution < 1.29 is 14.2 Å². The Bertz CT molecular complexity index is 1800. The third-order valence-corrected chi connectivity index (χ3v) is 9.55. The van der Waals surface area contributed by atoms with Crippen LogP contribution in [-0.2, 0) is 21.8 Å². The van der Waals surface area contributed by atoms with E-state index in [-0.39, 0.29) is 6.10 Å². The molecule has 2 aliphatic heterocycles. The smallest absolute Gasteiger partial charge is 0.215 e. The molecule has 5 aromatic rings. The van der Waals surface area contributed by atoms with E-state index in [4.69, 9.17) is 37.4 Å². The van der Waals surface area contributed by atoms with Gasteiger partial charge in [0.25, 0.3) is 0 Å². The molecular weight excluding hydrogens is 657 g/mol. The number of piperazine rings is 1. The third kappa shape index (κ3) is 6.95. The second kappa shape index (κ2) is 13.8. The second-order valence-electron chi connectivity index (χ2n) is 11.5. The van der Waals surface area contributed by atoms with Gasteiger partial charge in [-0.3, -0.25) is 0 Å². The molecule has 0 amide bonds. The molecule has 0 aliphatic carbocycles. The van der Waals surface area contributed by atoms with Crippen LogP contribution in [0.3, 0.4) is 0 Å². The summed E-state index contributed by atoms with van der Waals surface area (Å²) in [5, 5.41) is 6.39. The number of aryl methyl sites for hydroxylation is 1. The van der Waals surface area contributed by atoms with Crippen LogP contribution < -0.4 is 14.5 Å². The molecular formula is C34H35Cl2N7O3S. The Morgan fingerprint density at radius 1 is 0.936 bits per heavy atom. The van der Waals surface area contributed by atoms with Gasteiger partial charge in [0.1, 0.15) is 24.3 Å². The first kappa shape index (κ1) is 31.8. The van der Waals surface area contributed by atoms with Crippen LogP contribution in [0.4, 0.5) is 11.4 Å². The van der Waals surface area contributed by atoms with Crippen molar-refractivity contribution in [3.63, 3.8) is 0 Å². The molecule has 0 spiro atoms. The first-order valence-electron chi connectivity index (χ1n) is 15.4. The average molecular weight is 693 g/mol. The maximum Gasteiger partial charge on any atom is 0.215 e. The number of aromatic nitrogens is 5. The van der Waals surface area contributed by atoms with Gasteiger partial charge in [0.2, 0.25) is 10.9 Å². The highest BCUT2D eigenvalue weighted by Gasteiger charge is 2.45. The van der Waals surface area contributed by atoms with Crippen LogP contribution in [0.25, 0.3) is 5.69 Å². The maximum atomic E-state index is 6.60. The van der Waals surface area contributed by atoms with Crippen molar-refractivity contribution in [2.24, 2.45) is 0 Å². The van der Waals surface area contributed by atoms with Crippen molar-refractivity contribution >= 4 is 46.3 Å². The second-order valence-corrected chi connectivity index (χ2v) is 13.1. The molecule has 0 radical (unpaired) electrons. The molecule has 47 heavy (non-hydrogen) atoms. The van der Waals surface area contributed by atoms with E-state index < -0.39 is 5.79 Å². The highest BCUT2D eigenvalue weighted by Crippen LogP contribution is 2.40. The van der Waals surface area contributed by atoms with Gasteiger partial charge in [-0.15, -0.1) is 5.10 Å². The number of thioether (sulfide) groups is 1. The zero-order valence-corrected chi connectivity index (χ0v) is 28.5. The summed E-state index contributed by atoms with van der Waals surface area (Å²) in [6, 6.07) is 22.2. The van der Waals surface area contributed by atoms with Crippen LogP contribution in [0.2, 0.25) is 10.0 Å². The van der Waals surface area contributed by atoms with Crippen LogP contribution in [0, 0.1) is 6.92 Å². The van der Waals surface area contributed by atoms with Gasteiger partial charge in [0.15, 0.2) is 0 Å². The normalized spacial score (nSPS) is 19.8.